The fraction of sp³-hybridized carbons (Fsp3) is 0.562. The van der Waals surface area contributed by atoms with Gasteiger partial charge in [0.15, 0.2) is 6.29 Å². The Labute approximate surface area is 137 Å². The minimum Gasteiger partial charge on any atom is -0.301 e. The molecule has 0 N–H and O–H groups in total. The number of piperazine rings is 1. The summed E-state index contributed by atoms with van der Waals surface area (Å²) in [6.45, 7) is 8.36. The predicted molar refractivity (Wildman–Crippen MR) is 88.1 cm³/mol. The number of carbonyl (C=O) groups is 1. The smallest absolute Gasteiger partial charge is 0.243 e. The van der Waals surface area contributed by atoms with E-state index in [2.05, 4.69) is 16.7 Å². The van der Waals surface area contributed by atoms with Gasteiger partial charge >= 0.3 is 0 Å². The molecule has 0 aliphatic carbocycles. The Balaban J connectivity index is 1.63. The second-order valence-electron chi connectivity index (χ2n) is 6.10. The molecule has 1 aromatic rings. The molecule has 2 saturated heterocycles. The Morgan fingerprint density at radius 2 is 1.78 bits per heavy atom. The maximum Gasteiger partial charge on any atom is 0.243 e. The number of rotatable bonds is 5. The van der Waals surface area contributed by atoms with Gasteiger partial charge in [0.2, 0.25) is 10.0 Å². The van der Waals surface area contributed by atoms with Gasteiger partial charge in [-0.15, -0.1) is 0 Å². The maximum absolute atomic E-state index is 12.7. The van der Waals surface area contributed by atoms with E-state index in [1.54, 1.807) is 18.2 Å². The fourth-order valence-corrected chi connectivity index (χ4v) is 4.92. The van der Waals surface area contributed by atoms with Crippen molar-refractivity contribution in [2.75, 3.05) is 45.8 Å². The van der Waals surface area contributed by atoms with Gasteiger partial charge in [0.25, 0.3) is 0 Å². The molecule has 0 spiro atoms. The molecule has 2 aliphatic rings. The van der Waals surface area contributed by atoms with Crippen molar-refractivity contribution in [3.63, 3.8) is 0 Å². The van der Waals surface area contributed by atoms with Gasteiger partial charge < -0.3 is 4.90 Å². The van der Waals surface area contributed by atoms with Crippen molar-refractivity contribution in [2.24, 2.45) is 0 Å². The zero-order valence-electron chi connectivity index (χ0n) is 13.4. The highest BCUT2D eigenvalue weighted by molar-refractivity contribution is 7.89. The van der Waals surface area contributed by atoms with Crippen molar-refractivity contribution in [1.82, 2.24) is 14.1 Å². The average Bonchev–Trinajstić information content (AvgIpc) is 2.54. The lowest BCUT2D eigenvalue weighted by Gasteiger charge is -2.47. The number of likely N-dealkylation sites (N-methyl/N-ethyl adjacent to an activating group) is 1. The number of aldehydes is 1. The van der Waals surface area contributed by atoms with Crippen molar-refractivity contribution < 1.29 is 13.2 Å². The Hall–Kier alpha value is -1.28. The molecule has 0 bridgehead atoms. The summed E-state index contributed by atoms with van der Waals surface area (Å²) in [5, 5.41) is 0. The highest BCUT2D eigenvalue weighted by Crippen LogP contribution is 2.26. The van der Waals surface area contributed by atoms with E-state index in [9.17, 15) is 13.2 Å². The molecule has 23 heavy (non-hydrogen) atoms. The number of carbonyl (C=O) groups excluding carboxylic acids is 1. The van der Waals surface area contributed by atoms with Gasteiger partial charge in [-0.25, -0.2) is 8.42 Å². The third-order valence-corrected chi connectivity index (χ3v) is 6.77. The summed E-state index contributed by atoms with van der Waals surface area (Å²) < 4.78 is 26.8. The molecule has 0 saturated carbocycles. The first kappa shape index (κ1) is 16.6. The van der Waals surface area contributed by atoms with Crippen LogP contribution in [0, 0.1) is 0 Å². The minimum atomic E-state index is -3.57. The van der Waals surface area contributed by atoms with Crippen molar-refractivity contribution in [3.05, 3.63) is 29.8 Å². The van der Waals surface area contributed by atoms with Crippen LogP contribution in [0.15, 0.2) is 29.2 Å². The number of benzene rings is 1. The first-order valence-electron chi connectivity index (χ1n) is 8.07. The molecule has 0 radical (unpaired) electrons. The SMILES string of the molecule is CCN1CCN(C2CN(S(=O)(=O)c3ccccc3C=O)C2)CC1. The van der Waals surface area contributed by atoms with E-state index in [0.717, 1.165) is 32.7 Å². The normalized spacial score (nSPS) is 22.0. The molecule has 2 heterocycles. The summed E-state index contributed by atoms with van der Waals surface area (Å²) in [7, 11) is -3.57. The summed E-state index contributed by atoms with van der Waals surface area (Å²) in [5.74, 6) is 0. The third kappa shape index (κ3) is 3.19. The van der Waals surface area contributed by atoms with Crippen molar-refractivity contribution in [2.45, 2.75) is 17.9 Å². The first-order chi connectivity index (χ1) is 11.1. The van der Waals surface area contributed by atoms with Crippen LogP contribution in [0.5, 0.6) is 0 Å². The highest BCUT2D eigenvalue weighted by atomic mass is 32.2. The summed E-state index contributed by atoms with van der Waals surface area (Å²) in [5.41, 5.74) is 0.229. The Morgan fingerprint density at radius 3 is 2.39 bits per heavy atom. The molecule has 0 atom stereocenters. The second kappa shape index (κ2) is 6.68. The quantitative estimate of drug-likeness (QED) is 0.733. The molecule has 0 unspecified atom stereocenters. The van der Waals surface area contributed by atoms with Crippen LogP contribution in [0.1, 0.15) is 17.3 Å². The lowest BCUT2D eigenvalue weighted by molar-refractivity contribution is 0.0425. The van der Waals surface area contributed by atoms with E-state index < -0.39 is 10.0 Å². The number of nitrogens with zero attached hydrogens (tertiary/aromatic N) is 3. The molecule has 1 aromatic carbocycles. The number of sulfonamides is 1. The van der Waals surface area contributed by atoms with Crippen molar-refractivity contribution in [3.8, 4) is 0 Å². The third-order valence-electron chi connectivity index (χ3n) is 4.86. The molecule has 3 rings (SSSR count). The van der Waals surface area contributed by atoms with Crippen LogP contribution in [-0.2, 0) is 10.0 Å². The maximum atomic E-state index is 12.7. The summed E-state index contributed by atoms with van der Waals surface area (Å²) in [6.07, 6.45) is 0.605. The second-order valence-corrected chi connectivity index (χ2v) is 8.01. The fourth-order valence-electron chi connectivity index (χ4n) is 3.24. The molecule has 7 heteroatoms. The molecule has 0 amide bonds. The van der Waals surface area contributed by atoms with E-state index in [0.29, 0.717) is 25.4 Å². The van der Waals surface area contributed by atoms with E-state index in [1.807, 2.05) is 0 Å². The molecule has 6 nitrogen and oxygen atoms in total. The molecular weight excluding hydrogens is 314 g/mol. The van der Waals surface area contributed by atoms with Crippen LogP contribution in [0.3, 0.4) is 0 Å². The van der Waals surface area contributed by atoms with E-state index in [1.165, 1.54) is 10.4 Å². The van der Waals surface area contributed by atoms with Gasteiger partial charge in [-0.3, -0.25) is 9.69 Å². The molecular formula is C16H23N3O3S. The van der Waals surface area contributed by atoms with Crippen LogP contribution in [-0.4, -0.2) is 80.7 Å². The van der Waals surface area contributed by atoms with Gasteiger partial charge in [-0.05, 0) is 12.6 Å². The zero-order valence-corrected chi connectivity index (χ0v) is 14.2. The van der Waals surface area contributed by atoms with Crippen molar-refractivity contribution in [1.29, 1.82) is 0 Å². The van der Waals surface area contributed by atoms with Gasteiger partial charge in [0.1, 0.15) is 0 Å². The number of hydrogen-bond acceptors (Lipinski definition) is 5. The molecule has 126 valence electrons. The lowest BCUT2D eigenvalue weighted by Crippen LogP contribution is -2.64. The number of hydrogen-bond donors (Lipinski definition) is 0. The minimum absolute atomic E-state index is 0.115. The van der Waals surface area contributed by atoms with E-state index in [4.69, 9.17) is 0 Å². The van der Waals surface area contributed by atoms with E-state index >= 15 is 0 Å². The predicted octanol–water partition coefficient (Wildman–Crippen LogP) is 0.509. The lowest BCUT2D eigenvalue weighted by atomic mass is 10.1. The van der Waals surface area contributed by atoms with E-state index in [-0.39, 0.29) is 10.5 Å². The first-order valence-corrected chi connectivity index (χ1v) is 9.51. The largest absolute Gasteiger partial charge is 0.301 e. The van der Waals surface area contributed by atoms with Crippen LogP contribution < -0.4 is 0 Å². The molecule has 0 aromatic heterocycles. The topological polar surface area (TPSA) is 60.9 Å². The zero-order chi connectivity index (χ0) is 16.4. The highest BCUT2D eigenvalue weighted by Gasteiger charge is 2.40. The van der Waals surface area contributed by atoms with Crippen LogP contribution in [0.25, 0.3) is 0 Å². The van der Waals surface area contributed by atoms with Gasteiger partial charge in [-0.1, -0.05) is 25.1 Å². The monoisotopic (exact) mass is 337 g/mol. The Morgan fingerprint density at radius 1 is 1.13 bits per heavy atom. The van der Waals surface area contributed by atoms with Gasteiger partial charge in [-0.2, -0.15) is 4.31 Å². The molecule has 2 aliphatic heterocycles. The summed E-state index contributed by atoms with van der Waals surface area (Å²) >= 11 is 0. The summed E-state index contributed by atoms with van der Waals surface area (Å²) in [6, 6.07) is 6.68. The Bertz CT molecular complexity index is 663. The van der Waals surface area contributed by atoms with Crippen LogP contribution in [0.4, 0.5) is 0 Å². The average molecular weight is 337 g/mol. The van der Waals surface area contributed by atoms with Gasteiger partial charge in [0, 0.05) is 50.9 Å². The standard InChI is InChI=1S/C16H23N3O3S/c1-2-17-7-9-18(10-8-17)15-11-19(12-15)23(21,22)16-6-4-3-5-14(16)13-20/h3-6,13,15H,2,7-12H2,1H3. The Kier molecular flexibility index (Phi) is 4.82. The van der Waals surface area contributed by atoms with Crippen LogP contribution >= 0.6 is 0 Å². The van der Waals surface area contributed by atoms with Crippen molar-refractivity contribution >= 4 is 16.3 Å². The van der Waals surface area contributed by atoms with Gasteiger partial charge in [0.05, 0.1) is 4.90 Å². The summed E-state index contributed by atoms with van der Waals surface area (Å²) in [4.78, 5) is 16.0. The molecule has 2 fully saturated rings. The van der Waals surface area contributed by atoms with Crippen LogP contribution in [0.2, 0.25) is 0 Å².